The molecular weight excluding hydrogens is 279 g/mol. The van der Waals surface area contributed by atoms with E-state index in [9.17, 15) is 9.90 Å². The summed E-state index contributed by atoms with van der Waals surface area (Å²) in [5.41, 5.74) is 4.60. The second-order valence-corrected chi connectivity index (χ2v) is 5.01. The molecule has 1 unspecified atom stereocenters. The normalized spacial score (nSPS) is 14.1. The monoisotopic (exact) mass is 292 g/mol. The maximum absolute atomic E-state index is 11.8. The van der Waals surface area contributed by atoms with Gasteiger partial charge in [-0.1, -0.05) is 23.2 Å². The third-order valence-corrected chi connectivity index (χ3v) is 2.94. The van der Waals surface area contributed by atoms with Crippen molar-refractivity contribution in [3.8, 4) is 0 Å². The molecular formula is C11H14Cl2N2O3. The highest BCUT2D eigenvalue weighted by atomic mass is 35.5. The fourth-order valence-corrected chi connectivity index (χ4v) is 1.63. The van der Waals surface area contributed by atoms with E-state index in [0.29, 0.717) is 0 Å². The first-order valence-electron chi connectivity index (χ1n) is 5.13. The Morgan fingerprint density at radius 1 is 1.44 bits per heavy atom. The Balaban J connectivity index is 2.80. The van der Waals surface area contributed by atoms with E-state index in [0.717, 1.165) is 0 Å². The lowest BCUT2D eigenvalue weighted by molar-refractivity contribution is 0.00320. The number of aliphatic hydroxyl groups is 2. The molecule has 1 rings (SSSR count). The molecule has 0 aliphatic carbocycles. The third-order valence-electron chi connectivity index (χ3n) is 2.31. The van der Waals surface area contributed by atoms with E-state index in [4.69, 9.17) is 34.0 Å². The van der Waals surface area contributed by atoms with Crippen LogP contribution >= 0.6 is 23.2 Å². The molecule has 0 spiro atoms. The average Bonchev–Trinajstić information content (AvgIpc) is 2.32. The first-order chi connectivity index (χ1) is 8.26. The van der Waals surface area contributed by atoms with Gasteiger partial charge in [-0.25, -0.2) is 0 Å². The van der Waals surface area contributed by atoms with Crippen molar-refractivity contribution in [1.82, 2.24) is 5.32 Å². The largest absolute Gasteiger partial charge is 0.396 e. The predicted octanol–water partition coefficient (Wildman–Crippen LogP) is 1.05. The standard InChI is InChI=1S/C11H14Cl2N2O3/c1-11(18,5-16)4-15-10(17)6-2-7(12)9(14)8(13)3-6/h2-3,16,18H,4-5,14H2,1H3,(H,15,17). The van der Waals surface area contributed by atoms with Crippen molar-refractivity contribution in [2.45, 2.75) is 12.5 Å². The van der Waals surface area contributed by atoms with Crippen LogP contribution in [0.4, 0.5) is 5.69 Å². The average molecular weight is 293 g/mol. The van der Waals surface area contributed by atoms with Gasteiger partial charge in [0.05, 0.1) is 22.3 Å². The molecule has 0 aromatic heterocycles. The van der Waals surface area contributed by atoms with Crippen LogP contribution in [-0.4, -0.2) is 34.9 Å². The molecule has 0 heterocycles. The third kappa shape index (κ3) is 3.74. The molecule has 1 aromatic carbocycles. The van der Waals surface area contributed by atoms with Crippen LogP contribution in [0.3, 0.4) is 0 Å². The van der Waals surface area contributed by atoms with Gasteiger partial charge in [-0.05, 0) is 19.1 Å². The Hall–Kier alpha value is -1.01. The van der Waals surface area contributed by atoms with Gasteiger partial charge in [0.1, 0.15) is 5.60 Å². The summed E-state index contributed by atoms with van der Waals surface area (Å²) in [6.07, 6.45) is 0. The van der Waals surface area contributed by atoms with Gasteiger partial charge >= 0.3 is 0 Å². The van der Waals surface area contributed by atoms with E-state index in [2.05, 4.69) is 5.32 Å². The van der Waals surface area contributed by atoms with Crippen molar-refractivity contribution < 1.29 is 15.0 Å². The van der Waals surface area contributed by atoms with Gasteiger partial charge in [0.15, 0.2) is 0 Å². The fraction of sp³-hybridized carbons (Fsp3) is 0.364. The number of rotatable bonds is 4. The molecule has 7 heteroatoms. The summed E-state index contributed by atoms with van der Waals surface area (Å²) in [4.78, 5) is 11.8. The number of nitrogen functional groups attached to an aromatic ring is 1. The lowest BCUT2D eigenvalue weighted by atomic mass is 10.1. The Kier molecular flexibility index (Phi) is 4.81. The van der Waals surface area contributed by atoms with Crippen molar-refractivity contribution in [3.63, 3.8) is 0 Å². The number of amides is 1. The quantitative estimate of drug-likeness (QED) is 0.624. The summed E-state index contributed by atoms with van der Waals surface area (Å²) in [7, 11) is 0. The number of anilines is 1. The van der Waals surface area contributed by atoms with Crippen molar-refractivity contribution in [1.29, 1.82) is 0 Å². The number of nitrogens with one attached hydrogen (secondary N) is 1. The molecule has 1 amide bonds. The minimum atomic E-state index is -1.38. The summed E-state index contributed by atoms with van der Waals surface area (Å²) < 4.78 is 0. The molecule has 0 saturated carbocycles. The molecule has 18 heavy (non-hydrogen) atoms. The lowest BCUT2D eigenvalue weighted by Gasteiger charge is -2.20. The zero-order valence-corrected chi connectivity index (χ0v) is 11.2. The zero-order chi connectivity index (χ0) is 13.9. The Bertz CT molecular complexity index is 441. The first kappa shape index (κ1) is 15.0. The van der Waals surface area contributed by atoms with Gasteiger partial charge in [0.2, 0.25) is 0 Å². The van der Waals surface area contributed by atoms with E-state index in [-0.39, 0.29) is 27.8 Å². The Labute approximate surface area is 115 Å². The zero-order valence-electron chi connectivity index (χ0n) is 9.70. The number of hydrogen-bond acceptors (Lipinski definition) is 4. The van der Waals surface area contributed by atoms with Gasteiger partial charge in [0.25, 0.3) is 5.91 Å². The summed E-state index contributed by atoms with van der Waals surface area (Å²) in [5.74, 6) is -0.465. The molecule has 1 atom stereocenters. The van der Waals surface area contributed by atoms with Crippen LogP contribution in [0.25, 0.3) is 0 Å². The van der Waals surface area contributed by atoms with Crippen molar-refractivity contribution in [3.05, 3.63) is 27.7 Å². The van der Waals surface area contributed by atoms with Crippen LogP contribution in [0.5, 0.6) is 0 Å². The lowest BCUT2D eigenvalue weighted by Crippen LogP contribution is -2.43. The van der Waals surface area contributed by atoms with Gasteiger partial charge in [0, 0.05) is 12.1 Å². The number of carbonyl (C=O) groups excluding carboxylic acids is 1. The number of nitrogens with two attached hydrogens (primary N) is 1. The van der Waals surface area contributed by atoms with E-state index < -0.39 is 18.1 Å². The van der Waals surface area contributed by atoms with Gasteiger partial charge in [-0.2, -0.15) is 0 Å². The fourth-order valence-electron chi connectivity index (χ4n) is 1.14. The maximum Gasteiger partial charge on any atom is 0.251 e. The van der Waals surface area contributed by atoms with Crippen molar-refractivity contribution in [2.75, 3.05) is 18.9 Å². The molecule has 0 aliphatic heterocycles. The summed E-state index contributed by atoms with van der Waals surface area (Å²) in [6.45, 7) is 0.842. The minimum Gasteiger partial charge on any atom is -0.396 e. The summed E-state index contributed by atoms with van der Waals surface area (Å²) in [6, 6.07) is 2.76. The molecule has 5 N–H and O–H groups in total. The molecule has 0 bridgehead atoms. The van der Waals surface area contributed by atoms with Crippen molar-refractivity contribution >= 4 is 34.8 Å². The number of aliphatic hydroxyl groups excluding tert-OH is 1. The van der Waals surface area contributed by atoms with Crippen molar-refractivity contribution in [2.24, 2.45) is 0 Å². The summed E-state index contributed by atoms with van der Waals surface area (Å²) in [5, 5.41) is 21.2. The highest BCUT2D eigenvalue weighted by Gasteiger charge is 2.20. The van der Waals surface area contributed by atoms with Crippen LogP contribution in [0.2, 0.25) is 10.0 Å². The number of halogens is 2. The number of hydrogen-bond donors (Lipinski definition) is 4. The highest BCUT2D eigenvalue weighted by Crippen LogP contribution is 2.28. The SMILES string of the molecule is CC(O)(CO)CNC(=O)c1cc(Cl)c(N)c(Cl)c1. The Morgan fingerprint density at radius 2 is 1.94 bits per heavy atom. The molecule has 0 aliphatic rings. The first-order valence-corrected chi connectivity index (χ1v) is 5.88. The van der Waals surface area contributed by atoms with Gasteiger partial charge in [-0.15, -0.1) is 0 Å². The molecule has 0 fully saturated rings. The van der Waals surface area contributed by atoms with Gasteiger partial charge < -0.3 is 21.3 Å². The van der Waals surface area contributed by atoms with E-state index >= 15 is 0 Å². The number of benzene rings is 1. The van der Waals surface area contributed by atoms with E-state index in [1.165, 1.54) is 19.1 Å². The second-order valence-electron chi connectivity index (χ2n) is 4.19. The predicted molar refractivity (Wildman–Crippen MR) is 70.9 cm³/mol. The van der Waals surface area contributed by atoms with Crippen LogP contribution in [0.15, 0.2) is 12.1 Å². The molecule has 1 aromatic rings. The topological polar surface area (TPSA) is 95.6 Å². The highest BCUT2D eigenvalue weighted by molar-refractivity contribution is 6.39. The molecule has 0 radical (unpaired) electrons. The maximum atomic E-state index is 11.8. The number of carbonyl (C=O) groups is 1. The van der Waals surface area contributed by atoms with E-state index in [1.54, 1.807) is 0 Å². The van der Waals surface area contributed by atoms with E-state index in [1.807, 2.05) is 0 Å². The van der Waals surface area contributed by atoms with Crippen LogP contribution in [0.1, 0.15) is 17.3 Å². The summed E-state index contributed by atoms with van der Waals surface area (Å²) >= 11 is 11.6. The molecule has 0 saturated heterocycles. The molecule has 5 nitrogen and oxygen atoms in total. The Morgan fingerprint density at radius 3 is 2.39 bits per heavy atom. The van der Waals surface area contributed by atoms with Crippen LogP contribution in [0, 0.1) is 0 Å². The van der Waals surface area contributed by atoms with Crippen LogP contribution in [-0.2, 0) is 0 Å². The second kappa shape index (κ2) is 5.75. The molecule has 100 valence electrons. The van der Waals surface area contributed by atoms with Crippen LogP contribution < -0.4 is 11.1 Å². The minimum absolute atomic E-state index is 0.0953. The van der Waals surface area contributed by atoms with Gasteiger partial charge in [-0.3, -0.25) is 4.79 Å². The smallest absolute Gasteiger partial charge is 0.251 e.